The molecule has 0 unspecified atom stereocenters. The van der Waals surface area contributed by atoms with E-state index in [1.807, 2.05) is 6.07 Å². The van der Waals surface area contributed by atoms with Crippen molar-refractivity contribution in [3.05, 3.63) is 209 Å². The number of nitrogens with zero attached hydrogens (tertiary/aromatic N) is 4. The highest BCUT2D eigenvalue weighted by atomic mass is 16.4. The molecule has 0 atom stereocenters. The fraction of sp³-hybridized carbons (Fsp3) is 0.0189. The lowest BCUT2D eigenvalue weighted by Gasteiger charge is -2.30. The van der Waals surface area contributed by atoms with Crippen LogP contribution in [0.4, 0.5) is 5.69 Å². The quantitative estimate of drug-likeness (QED) is 0.167. The first-order valence-electron chi connectivity index (χ1n) is 19.4. The van der Waals surface area contributed by atoms with Crippen molar-refractivity contribution < 1.29 is 8.83 Å². The maximum Gasteiger partial charge on any atom is 0.227 e. The largest absolute Gasteiger partial charge is 0.436 e. The molecule has 0 N–H and O–H groups in total. The molecular formula is C53H28N4O2. The van der Waals surface area contributed by atoms with Gasteiger partial charge in [-0.05, 0) is 127 Å². The standard InChI is InChI=1S/C53H28N4O2/c1-55-38-19-22-50-48(29-38)57-52(59-50)37-26-35(25-36(27-37)51-56-47-23-31(30-54)17-21-49(47)58-51)33-10-8-9-32(24-33)34-18-20-42-41-13-4-7-16-45(41)53(46(42)28-34)43-14-5-2-11-39(43)40-12-3-6-15-44(40)53/h2-29H. The van der Waals surface area contributed by atoms with Crippen LogP contribution < -0.4 is 0 Å². The third kappa shape index (κ3) is 4.78. The van der Waals surface area contributed by atoms with E-state index in [1.54, 1.807) is 36.4 Å². The van der Waals surface area contributed by atoms with Gasteiger partial charge < -0.3 is 8.83 Å². The van der Waals surface area contributed by atoms with Crippen molar-refractivity contribution in [2.24, 2.45) is 0 Å². The van der Waals surface area contributed by atoms with Gasteiger partial charge in [0.2, 0.25) is 11.8 Å². The zero-order valence-electron chi connectivity index (χ0n) is 31.3. The second-order valence-electron chi connectivity index (χ2n) is 15.1. The van der Waals surface area contributed by atoms with Gasteiger partial charge in [-0.25, -0.2) is 14.8 Å². The summed E-state index contributed by atoms with van der Waals surface area (Å²) in [6, 6.07) is 60.9. The van der Waals surface area contributed by atoms with Crippen molar-refractivity contribution in [2.75, 3.05) is 0 Å². The number of fused-ring (bicyclic) bond motifs is 12. The molecule has 0 aliphatic heterocycles. The van der Waals surface area contributed by atoms with E-state index in [0.717, 1.165) is 33.4 Å². The monoisotopic (exact) mass is 752 g/mol. The molecule has 0 radical (unpaired) electrons. The number of benzene rings is 8. The lowest BCUT2D eigenvalue weighted by Crippen LogP contribution is -2.25. The second-order valence-corrected chi connectivity index (χ2v) is 15.1. The Labute approximate surface area is 338 Å². The van der Waals surface area contributed by atoms with Crippen LogP contribution >= 0.6 is 0 Å². The van der Waals surface area contributed by atoms with Crippen molar-refractivity contribution in [3.8, 4) is 73.5 Å². The number of hydrogen-bond acceptors (Lipinski definition) is 5. The Morgan fingerprint density at radius 1 is 0.458 bits per heavy atom. The second kappa shape index (κ2) is 12.3. The van der Waals surface area contributed by atoms with Gasteiger partial charge in [-0.3, -0.25) is 0 Å². The highest BCUT2D eigenvalue weighted by molar-refractivity contribution is 5.96. The summed E-state index contributed by atoms with van der Waals surface area (Å²) < 4.78 is 12.6. The Kier molecular flexibility index (Phi) is 6.88. The van der Waals surface area contributed by atoms with Crippen LogP contribution in [-0.2, 0) is 5.41 Å². The fourth-order valence-electron chi connectivity index (χ4n) is 9.42. The van der Waals surface area contributed by atoms with Crippen LogP contribution in [0.25, 0.3) is 94.5 Å². The van der Waals surface area contributed by atoms with Crippen molar-refractivity contribution in [3.63, 3.8) is 0 Å². The normalized spacial score (nSPS) is 12.8. The van der Waals surface area contributed by atoms with E-state index in [1.165, 1.54) is 44.5 Å². The van der Waals surface area contributed by atoms with Crippen LogP contribution in [0.15, 0.2) is 179 Å². The molecule has 0 fully saturated rings. The van der Waals surface area contributed by atoms with E-state index < -0.39 is 5.41 Å². The molecular weight excluding hydrogens is 725 g/mol. The average molecular weight is 753 g/mol. The Morgan fingerprint density at radius 3 is 1.58 bits per heavy atom. The van der Waals surface area contributed by atoms with Gasteiger partial charge in [0.15, 0.2) is 16.9 Å². The van der Waals surface area contributed by atoms with Crippen molar-refractivity contribution in [2.45, 2.75) is 5.41 Å². The molecule has 10 aromatic rings. The minimum absolute atomic E-state index is 0.418. The number of hydrogen-bond donors (Lipinski definition) is 0. The number of rotatable bonds is 4. The van der Waals surface area contributed by atoms with Crippen LogP contribution in [0, 0.1) is 17.9 Å². The van der Waals surface area contributed by atoms with Crippen LogP contribution in [0.1, 0.15) is 27.8 Å². The third-order valence-corrected chi connectivity index (χ3v) is 12.0. The summed E-state index contributed by atoms with van der Waals surface area (Å²) in [6.07, 6.45) is 0. The summed E-state index contributed by atoms with van der Waals surface area (Å²) in [7, 11) is 0. The van der Waals surface area contributed by atoms with Gasteiger partial charge in [-0.1, -0.05) is 109 Å². The highest BCUT2D eigenvalue weighted by Crippen LogP contribution is 2.63. The maximum atomic E-state index is 9.52. The van der Waals surface area contributed by atoms with Gasteiger partial charge in [0.25, 0.3) is 0 Å². The molecule has 0 saturated carbocycles. The number of nitriles is 1. The van der Waals surface area contributed by atoms with E-state index in [0.29, 0.717) is 45.2 Å². The van der Waals surface area contributed by atoms with Crippen molar-refractivity contribution in [1.82, 2.24) is 9.97 Å². The molecule has 0 bridgehead atoms. The first-order valence-corrected chi connectivity index (χ1v) is 19.4. The Morgan fingerprint density at radius 2 is 0.966 bits per heavy atom. The molecule has 1 spiro atoms. The van der Waals surface area contributed by atoms with E-state index in [4.69, 9.17) is 25.4 Å². The molecule has 2 aliphatic carbocycles. The third-order valence-electron chi connectivity index (χ3n) is 12.0. The molecule has 12 rings (SSSR count). The first kappa shape index (κ1) is 32.9. The SMILES string of the molecule is [C-]#[N+]c1ccc2oc(-c3cc(-c4cccc(-c5ccc6c(c5)C5(c7ccccc7-c7ccccc75)c5ccccc5-6)c4)cc(-c4nc5cc(C#N)ccc5o4)c3)nc2c1. The molecule has 2 aliphatic rings. The van der Waals surface area contributed by atoms with Crippen LogP contribution in [0.3, 0.4) is 0 Å². The molecule has 6 nitrogen and oxygen atoms in total. The zero-order chi connectivity index (χ0) is 39.2. The lowest BCUT2D eigenvalue weighted by atomic mass is 9.70. The molecule has 272 valence electrons. The smallest absolute Gasteiger partial charge is 0.227 e. The highest BCUT2D eigenvalue weighted by Gasteiger charge is 2.51. The summed E-state index contributed by atoms with van der Waals surface area (Å²) in [5, 5.41) is 9.52. The summed E-state index contributed by atoms with van der Waals surface area (Å²) in [4.78, 5) is 13.2. The van der Waals surface area contributed by atoms with Gasteiger partial charge in [-0.15, -0.1) is 0 Å². The molecule has 8 aromatic carbocycles. The predicted molar refractivity (Wildman–Crippen MR) is 231 cm³/mol. The van der Waals surface area contributed by atoms with Gasteiger partial charge in [-0.2, -0.15) is 5.26 Å². The molecule has 2 aromatic heterocycles. The van der Waals surface area contributed by atoms with Crippen LogP contribution in [-0.4, -0.2) is 9.97 Å². The van der Waals surface area contributed by atoms with Crippen molar-refractivity contribution in [1.29, 1.82) is 5.26 Å². The summed E-state index contributed by atoms with van der Waals surface area (Å²) in [6.45, 7) is 7.49. The predicted octanol–water partition coefficient (Wildman–Crippen LogP) is 13.4. The maximum absolute atomic E-state index is 9.52. The average Bonchev–Trinajstić information content (AvgIpc) is 4.07. The van der Waals surface area contributed by atoms with Gasteiger partial charge in [0.05, 0.1) is 29.1 Å². The van der Waals surface area contributed by atoms with Crippen LogP contribution in [0.5, 0.6) is 0 Å². The van der Waals surface area contributed by atoms with Gasteiger partial charge >= 0.3 is 0 Å². The minimum Gasteiger partial charge on any atom is -0.436 e. The first-order chi connectivity index (χ1) is 29.1. The topological polar surface area (TPSA) is 80.2 Å². The van der Waals surface area contributed by atoms with E-state index in [2.05, 4.69) is 138 Å². The molecule has 59 heavy (non-hydrogen) atoms. The van der Waals surface area contributed by atoms with E-state index in [9.17, 15) is 5.26 Å². The van der Waals surface area contributed by atoms with E-state index >= 15 is 0 Å². The van der Waals surface area contributed by atoms with Gasteiger partial charge in [0.1, 0.15) is 5.52 Å². The lowest BCUT2D eigenvalue weighted by molar-refractivity contribution is 0.617. The number of aromatic nitrogens is 2. The number of oxazole rings is 2. The fourth-order valence-corrected chi connectivity index (χ4v) is 9.42. The Bertz CT molecular complexity index is 3330. The summed E-state index contributed by atoms with van der Waals surface area (Å²) in [5.74, 6) is 0.839. The van der Waals surface area contributed by atoms with E-state index in [-0.39, 0.29) is 0 Å². The summed E-state index contributed by atoms with van der Waals surface area (Å²) in [5.41, 5.74) is 18.9. The Balaban J connectivity index is 1.02. The van der Waals surface area contributed by atoms with Gasteiger partial charge in [0, 0.05) is 11.1 Å². The van der Waals surface area contributed by atoms with Crippen LogP contribution in [0.2, 0.25) is 0 Å². The minimum atomic E-state index is -0.432. The zero-order valence-corrected chi connectivity index (χ0v) is 31.3. The summed E-state index contributed by atoms with van der Waals surface area (Å²) >= 11 is 0. The Hall–Kier alpha value is -8.32. The van der Waals surface area contributed by atoms with Crippen molar-refractivity contribution >= 4 is 27.9 Å². The molecule has 2 heterocycles. The molecule has 6 heteroatoms. The molecule has 0 amide bonds. The molecule has 0 saturated heterocycles.